The smallest absolute Gasteiger partial charge is 0.335 e. The Morgan fingerprint density at radius 2 is 1.96 bits per heavy atom. The molecule has 0 radical (unpaired) electrons. The summed E-state index contributed by atoms with van der Waals surface area (Å²) in [6, 6.07) is 12.0. The molecule has 1 unspecified atom stereocenters. The molecule has 0 spiro atoms. The van der Waals surface area contributed by atoms with Gasteiger partial charge < -0.3 is 28.8 Å². The van der Waals surface area contributed by atoms with Crippen molar-refractivity contribution in [3.05, 3.63) is 76.6 Å². The molecule has 2 aliphatic heterocycles. The van der Waals surface area contributed by atoms with Gasteiger partial charge in [0, 0.05) is 51.3 Å². The first kappa shape index (κ1) is 30.3. The highest BCUT2D eigenvalue weighted by atomic mass is 35.5. The number of benzene rings is 2. The van der Waals surface area contributed by atoms with Crippen LogP contribution < -0.4 is 14.4 Å². The van der Waals surface area contributed by atoms with E-state index in [-0.39, 0.29) is 42.7 Å². The highest BCUT2D eigenvalue weighted by Gasteiger charge is 2.58. The number of ether oxygens (including phenoxy) is 3. The molecular weight excluding hydrogens is 639 g/mol. The van der Waals surface area contributed by atoms with Crippen molar-refractivity contribution in [2.45, 2.75) is 69.2 Å². The van der Waals surface area contributed by atoms with Gasteiger partial charge in [-0.25, -0.2) is 22.9 Å². The van der Waals surface area contributed by atoms with Crippen molar-refractivity contribution >= 4 is 34.3 Å². The van der Waals surface area contributed by atoms with Crippen LogP contribution in [-0.4, -0.2) is 74.3 Å². The van der Waals surface area contributed by atoms with Crippen LogP contribution in [0.4, 0.5) is 18.9 Å². The molecule has 0 bridgehead atoms. The number of hydrogen-bond donors (Lipinski definition) is 1. The molecule has 2 aromatic heterocycles. The number of fused-ring (bicyclic) bond motifs is 3. The number of para-hydroxylation sites is 1. The van der Waals surface area contributed by atoms with Gasteiger partial charge in [0.25, 0.3) is 11.7 Å². The Morgan fingerprint density at radius 3 is 2.66 bits per heavy atom. The number of aromatic carboxylic acids is 1. The lowest BCUT2D eigenvalue weighted by Gasteiger charge is -2.54. The lowest BCUT2D eigenvalue weighted by atomic mass is 9.81. The predicted octanol–water partition coefficient (Wildman–Crippen LogP) is 5.84. The summed E-state index contributed by atoms with van der Waals surface area (Å²) in [7, 11) is 0. The molecule has 3 fully saturated rings. The van der Waals surface area contributed by atoms with Gasteiger partial charge in [-0.1, -0.05) is 17.7 Å². The average Bonchev–Trinajstić information content (AvgIpc) is 3.28. The van der Waals surface area contributed by atoms with E-state index in [0.29, 0.717) is 53.2 Å². The summed E-state index contributed by atoms with van der Waals surface area (Å²) in [5.41, 5.74) is 1.65. The molecule has 4 atom stereocenters. The maximum Gasteiger partial charge on any atom is 0.335 e. The van der Waals surface area contributed by atoms with Gasteiger partial charge >= 0.3 is 5.97 Å². The molecule has 2 saturated carbocycles. The summed E-state index contributed by atoms with van der Waals surface area (Å²) in [6.07, 6.45) is 2.00. The van der Waals surface area contributed by atoms with Crippen LogP contribution in [0.25, 0.3) is 11.0 Å². The number of carbonyl (C=O) groups is 1. The third kappa shape index (κ3) is 5.24. The van der Waals surface area contributed by atoms with Crippen molar-refractivity contribution in [2.24, 2.45) is 0 Å². The topological polar surface area (TPSA) is 102 Å². The van der Waals surface area contributed by atoms with Gasteiger partial charge in [-0.05, 0) is 49.2 Å². The molecule has 47 heavy (non-hydrogen) atoms. The number of carboxylic acid groups (broad SMARTS) is 1. The first-order valence-corrected chi connectivity index (χ1v) is 15.9. The number of alkyl halides is 2. The summed E-state index contributed by atoms with van der Waals surface area (Å²) in [5, 5.41) is 10.1. The first-order chi connectivity index (χ1) is 22.5. The molecule has 1 saturated heterocycles. The first-order valence-electron chi connectivity index (χ1n) is 15.6. The van der Waals surface area contributed by atoms with Gasteiger partial charge in [0.2, 0.25) is 0 Å². The molecule has 4 aromatic rings. The van der Waals surface area contributed by atoms with Crippen LogP contribution >= 0.6 is 11.6 Å². The summed E-state index contributed by atoms with van der Waals surface area (Å²) in [5.74, 6) is -4.16. The van der Waals surface area contributed by atoms with Crippen LogP contribution in [-0.2, 0) is 23.6 Å². The standard InChI is InChI=1S/C33H31ClF3N5O5/c1-32(26-8-5-19(34)16-38-26)46-25-4-2-3-23(30(25)47-32)41-10-9-40(21-6-7-22(21)41)17-28-39-29-20(35)13-18(31(43)44)14-24(29)42(28)11-12-45-27-15-33(27,36)37/h2-5,8,13-14,16,21-22,27H,6-7,9-12,15,17H2,1H3,(H,43,44)/t21-,22+,27?,32-/m0/s1. The zero-order chi connectivity index (χ0) is 32.7. The molecule has 1 N–H and O–H groups in total. The Hall–Kier alpha value is -4.07. The Bertz CT molecular complexity index is 1890. The Labute approximate surface area is 272 Å². The molecule has 14 heteroatoms. The second-order valence-electron chi connectivity index (χ2n) is 12.6. The van der Waals surface area contributed by atoms with Crippen LogP contribution in [0.15, 0.2) is 48.7 Å². The predicted molar refractivity (Wildman–Crippen MR) is 165 cm³/mol. The Kier molecular flexibility index (Phi) is 7.08. The molecule has 8 rings (SSSR count). The number of nitrogens with zero attached hydrogens (tertiary/aromatic N) is 5. The van der Waals surface area contributed by atoms with E-state index in [1.54, 1.807) is 22.9 Å². The normalized spacial score (nSPS) is 25.9. The third-order valence-corrected chi connectivity index (χ3v) is 9.87. The number of halogens is 4. The van der Waals surface area contributed by atoms with Crippen LogP contribution in [0.2, 0.25) is 5.02 Å². The minimum absolute atomic E-state index is 0.0386. The number of rotatable bonds is 9. The number of carboxylic acids is 1. The van der Waals surface area contributed by atoms with Crippen molar-refractivity contribution in [1.29, 1.82) is 0 Å². The SMILES string of the molecule is C[C@]1(c2ccc(Cl)cn2)Oc2cccc(N3CCN(Cc4nc5c(F)cc(C(=O)O)cc5n4CCOC4CC4(F)F)[C@H]4CC[C@H]43)c2O1. The van der Waals surface area contributed by atoms with E-state index >= 15 is 4.39 Å². The van der Waals surface area contributed by atoms with Crippen LogP contribution in [0, 0.1) is 5.82 Å². The van der Waals surface area contributed by atoms with Gasteiger partial charge in [0.05, 0.1) is 34.9 Å². The minimum Gasteiger partial charge on any atom is -0.478 e. The van der Waals surface area contributed by atoms with E-state index in [0.717, 1.165) is 24.6 Å². The maximum absolute atomic E-state index is 15.1. The molecule has 10 nitrogen and oxygen atoms in total. The zero-order valence-electron chi connectivity index (χ0n) is 25.3. The van der Waals surface area contributed by atoms with Gasteiger partial charge in [-0.2, -0.15) is 0 Å². The zero-order valence-corrected chi connectivity index (χ0v) is 26.1. The van der Waals surface area contributed by atoms with Crippen LogP contribution in [0.3, 0.4) is 0 Å². The lowest BCUT2D eigenvalue weighted by molar-refractivity contribution is -0.0717. The number of imidazole rings is 1. The molecular formula is C33H31ClF3N5O5. The number of aromatic nitrogens is 3. The van der Waals surface area contributed by atoms with Gasteiger partial charge in [-0.3, -0.25) is 9.88 Å². The van der Waals surface area contributed by atoms with Crippen LogP contribution in [0.5, 0.6) is 11.5 Å². The fraction of sp³-hybridized carbons (Fsp3) is 0.424. The highest BCUT2D eigenvalue weighted by molar-refractivity contribution is 6.30. The van der Waals surface area contributed by atoms with Crippen molar-refractivity contribution in [3.8, 4) is 11.5 Å². The molecule has 0 amide bonds. The quantitative estimate of drug-likeness (QED) is 0.235. The van der Waals surface area contributed by atoms with E-state index in [4.69, 9.17) is 25.8 Å². The second kappa shape index (κ2) is 11.0. The van der Waals surface area contributed by atoms with Crippen molar-refractivity contribution in [3.63, 3.8) is 0 Å². The Balaban J connectivity index is 1.04. The largest absolute Gasteiger partial charge is 0.478 e. The van der Waals surface area contributed by atoms with Crippen molar-refractivity contribution < 1.29 is 37.3 Å². The van der Waals surface area contributed by atoms with Gasteiger partial charge in [0.15, 0.2) is 17.3 Å². The summed E-state index contributed by atoms with van der Waals surface area (Å²) in [6.45, 7) is 3.63. The number of piperazine rings is 1. The average molecular weight is 670 g/mol. The number of hydrogen-bond acceptors (Lipinski definition) is 8. The van der Waals surface area contributed by atoms with E-state index in [9.17, 15) is 18.7 Å². The minimum atomic E-state index is -2.83. The fourth-order valence-corrected chi connectivity index (χ4v) is 7.08. The van der Waals surface area contributed by atoms with E-state index in [1.807, 2.05) is 25.1 Å². The van der Waals surface area contributed by atoms with Crippen LogP contribution in [0.1, 0.15) is 48.1 Å². The lowest BCUT2D eigenvalue weighted by Crippen LogP contribution is -2.64. The van der Waals surface area contributed by atoms with Gasteiger partial charge in [0.1, 0.15) is 23.1 Å². The van der Waals surface area contributed by atoms with Crippen molar-refractivity contribution in [2.75, 3.05) is 24.6 Å². The monoisotopic (exact) mass is 669 g/mol. The van der Waals surface area contributed by atoms with Gasteiger partial charge in [-0.15, -0.1) is 0 Å². The fourth-order valence-electron chi connectivity index (χ4n) is 6.97. The molecule has 4 aliphatic rings. The second-order valence-corrected chi connectivity index (χ2v) is 13.1. The molecule has 2 aliphatic carbocycles. The number of pyridine rings is 1. The summed E-state index contributed by atoms with van der Waals surface area (Å²) < 4.78 is 61.8. The molecule has 4 heterocycles. The van der Waals surface area contributed by atoms with E-state index < -0.39 is 29.6 Å². The van der Waals surface area contributed by atoms with E-state index in [1.165, 1.54) is 6.07 Å². The maximum atomic E-state index is 15.1. The van der Waals surface area contributed by atoms with Crippen molar-refractivity contribution in [1.82, 2.24) is 19.4 Å². The van der Waals surface area contributed by atoms with E-state index in [2.05, 4.69) is 19.8 Å². The third-order valence-electron chi connectivity index (χ3n) is 9.64. The molecule has 246 valence electrons. The Morgan fingerprint density at radius 1 is 1.15 bits per heavy atom. The molecule has 2 aromatic carbocycles. The number of anilines is 1. The highest BCUT2D eigenvalue weighted by Crippen LogP contribution is 2.51. The summed E-state index contributed by atoms with van der Waals surface area (Å²) >= 11 is 6.05. The summed E-state index contributed by atoms with van der Waals surface area (Å²) in [4.78, 5) is 25.4.